The Morgan fingerprint density at radius 3 is 3.00 bits per heavy atom. The maximum atomic E-state index is 10.3. The Bertz CT molecular complexity index is 412. The van der Waals surface area contributed by atoms with E-state index in [-0.39, 0.29) is 0 Å². The normalized spacial score (nSPS) is 17.9. The standard InChI is InChI=1S/C13H19ClN2O/c1-2-16-13(11(14)9-15-16)12(17)8-10-6-4-3-5-7-10/h6,9,12,17H,2-5,7-8H2,1H3. The molecule has 1 atom stereocenters. The molecule has 1 aromatic rings. The van der Waals surface area contributed by atoms with Gasteiger partial charge in [0.1, 0.15) is 6.10 Å². The molecule has 17 heavy (non-hydrogen) atoms. The van der Waals surface area contributed by atoms with E-state index in [1.54, 1.807) is 10.9 Å². The first kappa shape index (κ1) is 12.7. The topological polar surface area (TPSA) is 38.0 Å². The van der Waals surface area contributed by atoms with Gasteiger partial charge in [-0.3, -0.25) is 4.68 Å². The lowest BCUT2D eigenvalue weighted by Gasteiger charge is -2.17. The van der Waals surface area contributed by atoms with Crippen molar-refractivity contribution in [3.63, 3.8) is 0 Å². The van der Waals surface area contributed by atoms with Gasteiger partial charge in [0.05, 0.1) is 16.9 Å². The van der Waals surface area contributed by atoms with Gasteiger partial charge in [0.25, 0.3) is 0 Å². The number of halogens is 1. The summed E-state index contributed by atoms with van der Waals surface area (Å²) < 4.78 is 1.77. The molecular weight excluding hydrogens is 236 g/mol. The first-order chi connectivity index (χ1) is 8.22. The fourth-order valence-electron chi connectivity index (χ4n) is 2.39. The summed E-state index contributed by atoms with van der Waals surface area (Å²) in [6.45, 7) is 2.73. The molecule has 1 aromatic heterocycles. The van der Waals surface area contributed by atoms with Crippen molar-refractivity contribution >= 4 is 11.6 Å². The monoisotopic (exact) mass is 254 g/mol. The molecular formula is C13H19ClN2O. The summed E-state index contributed by atoms with van der Waals surface area (Å²) in [4.78, 5) is 0. The van der Waals surface area contributed by atoms with Crippen molar-refractivity contribution < 1.29 is 5.11 Å². The first-order valence-corrected chi connectivity index (χ1v) is 6.67. The number of aryl methyl sites for hydroxylation is 1. The van der Waals surface area contributed by atoms with Crippen molar-refractivity contribution in [2.24, 2.45) is 0 Å². The minimum Gasteiger partial charge on any atom is -0.386 e. The smallest absolute Gasteiger partial charge is 0.101 e. The van der Waals surface area contributed by atoms with E-state index in [0.29, 0.717) is 11.4 Å². The Kier molecular flexibility index (Phi) is 4.24. The molecule has 0 radical (unpaired) electrons. The van der Waals surface area contributed by atoms with Gasteiger partial charge >= 0.3 is 0 Å². The van der Waals surface area contributed by atoms with E-state index in [2.05, 4.69) is 11.2 Å². The number of rotatable bonds is 4. The number of aromatic nitrogens is 2. The lowest BCUT2D eigenvalue weighted by molar-refractivity contribution is 0.165. The molecule has 1 heterocycles. The van der Waals surface area contributed by atoms with E-state index >= 15 is 0 Å². The zero-order chi connectivity index (χ0) is 12.3. The van der Waals surface area contributed by atoms with Crippen LogP contribution in [0.4, 0.5) is 0 Å². The van der Waals surface area contributed by atoms with Crippen LogP contribution in [0.2, 0.25) is 5.02 Å². The van der Waals surface area contributed by atoms with Crippen molar-refractivity contribution in [2.45, 2.75) is 51.7 Å². The van der Waals surface area contributed by atoms with Crippen molar-refractivity contribution in [3.8, 4) is 0 Å². The molecule has 3 nitrogen and oxygen atoms in total. The molecule has 1 aliphatic rings. The number of aliphatic hydroxyl groups excluding tert-OH is 1. The van der Waals surface area contributed by atoms with Crippen LogP contribution in [-0.4, -0.2) is 14.9 Å². The van der Waals surface area contributed by atoms with Crippen molar-refractivity contribution in [1.82, 2.24) is 9.78 Å². The lowest BCUT2D eigenvalue weighted by Crippen LogP contribution is -2.10. The number of hydrogen-bond donors (Lipinski definition) is 1. The molecule has 0 fully saturated rings. The zero-order valence-corrected chi connectivity index (χ0v) is 11.0. The summed E-state index contributed by atoms with van der Waals surface area (Å²) in [6, 6.07) is 0. The predicted molar refractivity (Wildman–Crippen MR) is 69.0 cm³/mol. The van der Waals surface area contributed by atoms with E-state index in [1.165, 1.54) is 18.4 Å². The third-order valence-corrected chi connectivity index (χ3v) is 3.58. The molecule has 2 rings (SSSR count). The van der Waals surface area contributed by atoms with Gasteiger partial charge < -0.3 is 5.11 Å². The Balaban J connectivity index is 2.10. The van der Waals surface area contributed by atoms with Crippen LogP contribution in [-0.2, 0) is 6.54 Å². The highest BCUT2D eigenvalue weighted by Gasteiger charge is 2.19. The Morgan fingerprint density at radius 1 is 1.53 bits per heavy atom. The number of nitrogens with zero attached hydrogens (tertiary/aromatic N) is 2. The van der Waals surface area contributed by atoms with Gasteiger partial charge in [-0.2, -0.15) is 5.10 Å². The molecule has 0 spiro atoms. The maximum absolute atomic E-state index is 10.3. The molecule has 4 heteroatoms. The molecule has 1 N–H and O–H groups in total. The minimum absolute atomic E-state index is 0.533. The Morgan fingerprint density at radius 2 is 2.35 bits per heavy atom. The largest absolute Gasteiger partial charge is 0.386 e. The predicted octanol–water partition coefficient (Wildman–Crippen LogP) is 3.48. The van der Waals surface area contributed by atoms with Gasteiger partial charge in [0.15, 0.2) is 0 Å². The average Bonchev–Trinajstić information content (AvgIpc) is 2.71. The van der Waals surface area contributed by atoms with Crippen LogP contribution >= 0.6 is 11.6 Å². The van der Waals surface area contributed by atoms with Gasteiger partial charge in [-0.25, -0.2) is 0 Å². The Labute approximate surface area is 107 Å². The van der Waals surface area contributed by atoms with Crippen LogP contribution in [0.1, 0.15) is 50.8 Å². The quantitative estimate of drug-likeness (QED) is 0.836. The number of hydrogen-bond acceptors (Lipinski definition) is 2. The summed E-state index contributed by atoms with van der Waals surface area (Å²) in [6.07, 6.45) is 8.77. The van der Waals surface area contributed by atoms with Crippen LogP contribution < -0.4 is 0 Å². The second kappa shape index (κ2) is 5.69. The number of allylic oxidation sites excluding steroid dienone is 1. The van der Waals surface area contributed by atoms with Gasteiger partial charge in [-0.05, 0) is 32.6 Å². The van der Waals surface area contributed by atoms with Crippen molar-refractivity contribution in [1.29, 1.82) is 0 Å². The highest BCUT2D eigenvalue weighted by atomic mass is 35.5. The molecule has 0 bridgehead atoms. The summed E-state index contributed by atoms with van der Waals surface area (Å²) >= 11 is 6.07. The summed E-state index contributed by atoms with van der Waals surface area (Å²) in [5.74, 6) is 0. The third kappa shape index (κ3) is 2.90. The highest BCUT2D eigenvalue weighted by Crippen LogP contribution is 2.30. The van der Waals surface area contributed by atoms with E-state index < -0.39 is 6.10 Å². The Hall–Kier alpha value is -0.800. The second-order valence-electron chi connectivity index (χ2n) is 4.52. The minimum atomic E-state index is -0.533. The van der Waals surface area contributed by atoms with E-state index in [1.807, 2.05) is 6.92 Å². The van der Waals surface area contributed by atoms with Crippen molar-refractivity contribution in [3.05, 3.63) is 28.6 Å². The zero-order valence-electron chi connectivity index (χ0n) is 10.2. The molecule has 0 saturated carbocycles. The fraction of sp³-hybridized carbons (Fsp3) is 0.615. The van der Waals surface area contributed by atoms with Crippen LogP contribution in [0.3, 0.4) is 0 Å². The molecule has 94 valence electrons. The van der Waals surface area contributed by atoms with E-state index in [9.17, 15) is 5.11 Å². The van der Waals surface area contributed by atoms with Gasteiger partial charge in [0, 0.05) is 13.0 Å². The molecule has 0 aliphatic heterocycles. The summed E-state index contributed by atoms with van der Waals surface area (Å²) in [7, 11) is 0. The third-order valence-electron chi connectivity index (χ3n) is 3.29. The summed E-state index contributed by atoms with van der Waals surface area (Å²) in [5, 5.41) is 15.0. The van der Waals surface area contributed by atoms with E-state index in [0.717, 1.165) is 25.1 Å². The van der Waals surface area contributed by atoms with Gasteiger partial charge in [0.2, 0.25) is 0 Å². The first-order valence-electron chi connectivity index (χ1n) is 6.29. The fourth-order valence-corrected chi connectivity index (χ4v) is 2.66. The van der Waals surface area contributed by atoms with E-state index in [4.69, 9.17) is 11.6 Å². The average molecular weight is 255 g/mol. The maximum Gasteiger partial charge on any atom is 0.101 e. The molecule has 0 aromatic carbocycles. The molecule has 1 aliphatic carbocycles. The molecule has 1 unspecified atom stereocenters. The lowest BCUT2D eigenvalue weighted by atomic mass is 9.94. The number of aliphatic hydroxyl groups is 1. The van der Waals surface area contributed by atoms with Crippen LogP contribution in [0.5, 0.6) is 0 Å². The SMILES string of the molecule is CCn1ncc(Cl)c1C(O)CC1=CCCCC1. The second-order valence-corrected chi connectivity index (χ2v) is 4.93. The van der Waals surface area contributed by atoms with Crippen LogP contribution in [0.25, 0.3) is 0 Å². The van der Waals surface area contributed by atoms with Gasteiger partial charge in [-0.15, -0.1) is 0 Å². The van der Waals surface area contributed by atoms with Crippen molar-refractivity contribution in [2.75, 3.05) is 0 Å². The molecule has 0 amide bonds. The summed E-state index contributed by atoms with van der Waals surface area (Å²) in [5.41, 5.74) is 2.10. The highest BCUT2D eigenvalue weighted by molar-refractivity contribution is 6.31. The molecule has 0 saturated heterocycles. The van der Waals surface area contributed by atoms with Gasteiger partial charge in [-0.1, -0.05) is 23.3 Å². The van der Waals surface area contributed by atoms with Crippen LogP contribution in [0, 0.1) is 0 Å². The van der Waals surface area contributed by atoms with Crippen LogP contribution in [0.15, 0.2) is 17.8 Å².